The van der Waals surface area contributed by atoms with E-state index in [1.807, 2.05) is 22.9 Å². The van der Waals surface area contributed by atoms with Crippen molar-refractivity contribution < 1.29 is 9.53 Å². The van der Waals surface area contributed by atoms with E-state index < -0.39 is 0 Å². The Bertz CT molecular complexity index is 1050. The average Bonchev–Trinajstić information content (AvgIpc) is 3.19. The first-order chi connectivity index (χ1) is 14.9. The molecule has 1 aliphatic heterocycles. The van der Waals surface area contributed by atoms with Crippen LogP contribution in [0.25, 0.3) is 11.0 Å². The smallest absolute Gasteiger partial charge is 0.256 e. The summed E-state index contributed by atoms with van der Waals surface area (Å²) in [6.07, 6.45) is 1.74. The van der Waals surface area contributed by atoms with Gasteiger partial charge in [0.2, 0.25) is 0 Å². The lowest BCUT2D eigenvalue weighted by Gasteiger charge is -2.26. The van der Waals surface area contributed by atoms with Crippen LogP contribution in [0.15, 0.2) is 36.5 Å². The lowest BCUT2D eigenvalue weighted by molar-refractivity contribution is 0.0342. The molecule has 31 heavy (non-hydrogen) atoms. The molecule has 1 aliphatic rings. The molecule has 4 rings (SSSR count). The maximum Gasteiger partial charge on any atom is 0.256 e. The highest BCUT2D eigenvalue weighted by atomic mass is 16.5. The molecule has 1 aromatic carbocycles. The summed E-state index contributed by atoms with van der Waals surface area (Å²) < 4.78 is 7.28. The molecule has 0 radical (unpaired) electrons. The molecule has 164 valence electrons. The van der Waals surface area contributed by atoms with Crippen LogP contribution in [0.3, 0.4) is 0 Å². The normalized spacial score (nSPS) is 15.2. The fourth-order valence-electron chi connectivity index (χ4n) is 3.81. The second-order valence-corrected chi connectivity index (χ2v) is 8.71. The van der Waals surface area contributed by atoms with Crippen LogP contribution in [0.1, 0.15) is 61.3 Å². The summed E-state index contributed by atoms with van der Waals surface area (Å²) in [6, 6.07) is 10.1. The number of hydrogen-bond acceptors (Lipinski definition) is 5. The van der Waals surface area contributed by atoms with Gasteiger partial charge in [-0.15, -0.1) is 0 Å². The first-order valence-corrected chi connectivity index (χ1v) is 11.0. The minimum absolute atomic E-state index is 0.140. The Morgan fingerprint density at radius 2 is 1.84 bits per heavy atom. The summed E-state index contributed by atoms with van der Waals surface area (Å²) in [6.45, 7) is 12.7. The van der Waals surface area contributed by atoms with E-state index in [-0.39, 0.29) is 17.9 Å². The monoisotopic (exact) mass is 421 g/mol. The zero-order valence-electron chi connectivity index (χ0n) is 18.8. The number of pyridine rings is 1. The molecule has 3 heterocycles. The van der Waals surface area contributed by atoms with Crippen LogP contribution in [0.5, 0.6) is 0 Å². The second-order valence-electron chi connectivity index (χ2n) is 8.71. The minimum Gasteiger partial charge on any atom is -0.379 e. The minimum atomic E-state index is -0.140. The predicted octanol–water partition coefficient (Wildman–Crippen LogP) is 4.22. The molecule has 3 aromatic rings. The number of carbonyl (C=O) groups excluding carboxylic acids is 1. The molecule has 1 N–H and O–H groups in total. The number of fused-ring (bicyclic) bond motifs is 1. The Morgan fingerprint density at radius 1 is 1.13 bits per heavy atom. The zero-order valence-corrected chi connectivity index (χ0v) is 18.8. The van der Waals surface area contributed by atoms with Crippen molar-refractivity contribution in [1.82, 2.24) is 19.7 Å². The number of ether oxygens (including phenoxy) is 1. The number of rotatable bonds is 6. The van der Waals surface area contributed by atoms with Crippen LogP contribution in [0.2, 0.25) is 0 Å². The van der Waals surface area contributed by atoms with Crippen molar-refractivity contribution in [3.05, 3.63) is 53.3 Å². The number of carbonyl (C=O) groups is 1. The summed E-state index contributed by atoms with van der Waals surface area (Å²) in [5.74, 6) is 0.0736. The first-order valence-electron chi connectivity index (χ1n) is 11.0. The number of morpholine rings is 1. The van der Waals surface area contributed by atoms with E-state index in [9.17, 15) is 4.79 Å². The van der Waals surface area contributed by atoms with Gasteiger partial charge in [0, 0.05) is 37.1 Å². The molecule has 0 saturated carbocycles. The Hall–Kier alpha value is -2.77. The van der Waals surface area contributed by atoms with Crippen molar-refractivity contribution in [2.24, 2.45) is 0 Å². The highest BCUT2D eigenvalue weighted by Gasteiger charge is 2.19. The van der Waals surface area contributed by atoms with E-state index in [0.29, 0.717) is 5.56 Å². The summed E-state index contributed by atoms with van der Waals surface area (Å²) in [5.41, 5.74) is 4.26. The maximum absolute atomic E-state index is 13.2. The largest absolute Gasteiger partial charge is 0.379 e. The van der Waals surface area contributed by atoms with E-state index >= 15 is 0 Å². The van der Waals surface area contributed by atoms with Crippen molar-refractivity contribution in [2.75, 3.05) is 31.6 Å². The van der Waals surface area contributed by atoms with Crippen LogP contribution in [-0.2, 0) is 11.3 Å². The summed E-state index contributed by atoms with van der Waals surface area (Å²) in [5, 5.41) is 8.30. The van der Waals surface area contributed by atoms with Gasteiger partial charge in [0.15, 0.2) is 5.65 Å². The third-order valence-corrected chi connectivity index (χ3v) is 5.63. The quantitative estimate of drug-likeness (QED) is 0.645. The van der Waals surface area contributed by atoms with Gasteiger partial charge in [-0.2, -0.15) is 5.10 Å². The highest BCUT2D eigenvalue weighted by molar-refractivity contribution is 6.12. The molecule has 1 fully saturated rings. The van der Waals surface area contributed by atoms with Gasteiger partial charge >= 0.3 is 0 Å². The van der Waals surface area contributed by atoms with Gasteiger partial charge in [0.1, 0.15) is 0 Å². The molecule has 0 spiro atoms. The Labute approximate surface area is 183 Å². The number of aromatic nitrogens is 3. The van der Waals surface area contributed by atoms with Gasteiger partial charge in [0.25, 0.3) is 5.91 Å². The van der Waals surface area contributed by atoms with Crippen molar-refractivity contribution in [2.45, 2.75) is 46.2 Å². The zero-order chi connectivity index (χ0) is 22.0. The summed E-state index contributed by atoms with van der Waals surface area (Å²) in [7, 11) is 0. The van der Waals surface area contributed by atoms with Crippen LogP contribution in [-0.4, -0.2) is 51.9 Å². The third-order valence-electron chi connectivity index (χ3n) is 5.63. The molecular formula is C24H31N5O2. The van der Waals surface area contributed by atoms with Crippen molar-refractivity contribution >= 4 is 22.6 Å². The molecule has 2 aromatic heterocycles. The highest BCUT2D eigenvalue weighted by Crippen LogP contribution is 2.25. The van der Waals surface area contributed by atoms with Crippen molar-refractivity contribution in [1.29, 1.82) is 0 Å². The van der Waals surface area contributed by atoms with Crippen LogP contribution in [0.4, 0.5) is 5.69 Å². The molecule has 0 aliphatic carbocycles. The predicted molar refractivity (Wildman–Crippen MR) is 122 cm³/mol. The van der Waals surface area contributed by atoms with Crippen LogP contribution in [0, 0.1) is 0 Å². The average molecular weight is 422 g/mol. The number of nitrogens with one attached hydrogen (secondary N) is 1. The molecule has 7 heteroatoms. The Morgan fingerprint density at radius 3 is 2.48 bits per heavy atom. The molecule has 0 atom stereocenters. The van der Waals surface area contributed by atoms with E-state index in [2.05, 4.69) is 55.1 Å². The number of amides is 1. The molecule has 7 nitrogen and oxygen atoms in total. The molecule has 1 saturated heterocycles. The van der Waals surface area contributed by atoms with E-state index in [4.69, 9.17) is 9.72 Å². The number of anilines is 1. The van der Waals surface area contributed by atoms with E-state index in [1.54, 1.807) is 6.20 Å². The SMILES string of the molecule is CC(C)c1cc(C(=O)Nc2ccc(CN3CCOCC3)cc2)c2cnn(C(C)C)c2n1. The first kappa shape index (κ1) is 21.5. The fourth-order valence-corrected chi connectivity index (χ4v) is 3.81. The Balaban J connectivity index is 1.55. The van der Waals surface area contributed by atoms with Crippen LogP contribution < -0.4 is 5.32 Å². The molecule has 0 bridgehead atoms. The number of nitrogens with zero attached hydrogens (tertiary/aromatic N) is 4. The van der Waals surface area contributed by atoms with Gasteiger partial charge in [-0.3, -0.25) is 9.69 Å². The lowest BCUT2D eigenvalue weighted by Crippen LogP contribution is -2.35. The fraction of sp³-hybridized carbons (Fsp3) is 0.458. The van der Waals surface area contributed by atoms with Gasteiger partial charge in [0.05, 0.1) is 30.4 Å². The van der Waals surface area contributed by atoms with E-state index in [0.717, 1.165) is 55.3 Å². The van der Waals surface area contributed by atoms with Crippen molar-refractivity contribution in [3.63, 3.8) is 0 Å². The number of benzene rings is 1. The van der Waals surface area contributed by atoms with E-state index in [1.165, 1.54) is 5.56 Å². The van der Waals surface area contributed by atoms with Crippen LogP contribution >= 0.6 is 0 Å². The molecule has 0 unspecified atom stereocenters. The van der Waals surface area contributed by atoms with Gasteiger partial charge in [-0.05, 0) is 43.5 Å². The molecular weight excluding hydrogens is 390 g/mol. The topological polar surface area (TPSA) is 72.3 Å². The second kappa shape index (κ2) is 9.16. The maximum atomic E-state index is 13.2. The van der Waals surface area contributed by atoms with Gasteiger partial charge < -0.3 is 10.1 Å². The summed E-state index contributed by atoms with van der Waals surface area (Å²) in [4.78, 5) is 20.3. The van der Waals surface area contributed by atoms with Crippen molar-refractivity contribution in [3.8, 4) is 0 Å². The third kappa shape index (κ3) is 4.78. The standard InChI is InChI=1S/C24H31N5O2/c1-16(2)22-13-20(21-14-25-29(17(3)4)23(21)27-22)24(30)26-19-7-5-18(6-8-19)15-28-9-11-31-12-10-28/h5-8,13-14,16-17H,9-12,15H2,1-4H3,(H,26,30). The van der Waals surface area contributed by atoms with Gasteiger partial charge in [-0.25, -0.2) is 9.67 Å². The Kier molecular flexibility index (Phi) is 6.34. The van der Waals surface area contributed by atoms with Gasteiger partial charge in [-0.1, -0.05) is 26.0 Å². The molecule has 1 amide bonds. The number of hydrogen-bond donors (Lipinski definition) is 1. The summed E-state index contributed by atoms with van der Waals surface area (Å²) >= 11 is 0. The lowest BCUT2D eigenvalue weighted by atomic mass is 10.0.